The molecular weight excluding hydrogens is 1320 g/mol. The number of ether oxygens (including phenoxy) is 2. The van der Waals surface area contributed by atoms with Crippen LogP contribution in [0.2, 0.25) is 51.4 Å². The molecule has 3 aliphatic carbocycles. The summed E-state index contributed by atoms with van der Waals surface area (Å²) < 4.78 is 20.6. The van der Waals surface area contributed by atoms with Gasteiger partial charge in [0.1, 0.15) is 46.4 Å². The molecule has 0 saturated heterocycles. The van der Waals surface area contributed by atoms with E-state index in [1.807, 2.05) is 64.2 Å². The second-order valence-corrected chi connectivity index (χ2v) is 40.6. The minimum Gasteiger partial charge on any atom is -0.363 e. The lowest BCUT2D eigenvalue weighted by Gasteiger charge is -2.22. The van der Waals surface area contributed by atoms with Crippen LogP contribution in [-0.2, 0) is 16.2 Å². The number of halogens is 2. The van der Waals surface area contributed by atoms with Crippen molar-refractivity contribution in [2.75, 3.05) is 35.5 Å². The van der Waals surface area contributed by atoms with E-state index in [2.05, 4.69) is 132 Å². The minimum atomic E-state index is -1.14. The highest BCUT2D eigenvalue weighted by molar-refractivity contribution is 9.10. The third kappa shape index (κ3) is 17.7. The Morgan fingerprint density at radius 2 is 1.18 bits per heavy atom. The number of fused-ring (bicyclic) bond motifs is 3. The molecule has 10 aromatic heterocycles. The number of anilines is 6. The highest BCUT2D eigenvalue weighted by atomic mass is 79.9. The molecule has 0 bridgehead atoms. The van der Waals surface area contributed by atoms with Crippen LogP contribution >= 0.6 is 65.9 Å². The first-order valence-corrected chi connectivity index (χ1v) is 41.3. The number of hydrogen-bond donors (Lipinski definition) is 2. The predicted molar refractivity (Wildman–Crippen MR) is 361 cm³/mol. The molecule has 0 amide bonds. The Morgan fingerprint density at radius 1 is 0.598 bits per heavy atom. The van der Waals surface area contributed by atoms with E-state index in [9.17, 15) is 0 Å². The summed E-state index contributed by atoms with van der Waals surface area (Å²) in [5.41, 5.74) is 5.77. The summed E-state index contributed by atoms with van der Waals surface area (Å²) in [6.45, 7) is 16.6. The molecule has 27 heteroatoms. The number of nitrogens with one attached hydrogen (secondary N) is 2. The molecule has 13 rings (SSSR count). The maximum atomic E-state index is 6.09. The van der Waals surface area contributed by atoms with E-state index in [0.29, 0.717) is 42.9 Å². The molecule has 456 valence electrons. The van der Waals surface area contributed by atoms with E-state index in [0.717, 1.165) is 110 Å². The van der Waals surface area contributed by atoms with Gasteiger partial charge in [0, 0.05) is 74.5 Å². The molecule has 0 aromatic carbocycles. The molecule has 0 unspecified atom stereocenters. The van der Waals surface area contributed by atoms with Crippen molar-refractivity contribution >= 4 is 154 Å². The molecular formula is C60H73Br2N17O3S3Si2. The SMILES string of the molecule is C[Si](C)(C)CCOCN(c1ccc2ncc(Br)cc2n1)c1nnc(C2CCCC2)s1.C[Si](C)(C)CCOCn1nc(C2CCCC2)sc1=Nc1ccc2ncc(Br)cc2n1.c1cc(Nc2cnc3ccc(Nc4nnc(C5CCCC5)s4)nc3c2)no1. The summed E-state index contributed by atoms with van der Waals surface area (Å²) in [5, 5.41) is 37.8. The van der Waals surface area contributed by atoms with Gasteiger partial charge >= 0.3 is 0 Å². The molecule has 10 heterocycles. The summed E-state index contributed by atoms with van der Waals surface area (Å²) in [7, 11) is -2.25. The highest BCUT2D eigenvalue weighted by Crippen LogP contribution is 2.40. The lowest BCUT2D eigenvalue weighted by molar-refractivity contribution is 0.0757. The molecule has 2 N–H and O–H groups in total. The highest BCUT2D eigenvalue weighted by Gasteiger charge is 2.26. The van der Waals surface area contributed by atoms with Crippen molar-refractivity contribution in [3.05, 3.63) is 114 Å². The van der Waals surface area contributed by atoms with Gasteiger partial charge in [0.25, 0.3) is 0 Å². The Balaban J connectivity index is 0.000000135. The fraction of sp³-hybridized carbons (Fsp3) is 0.450. The van der Waals surface area contributed by atoms with Crippen LogP contribution in [0.1, 0.15) is 110 Å². The van der Waals surface area contributed by atoms with Crippen LogP contribution in [0.5, 0.6) is 0 Å². The summed E-state index contributed by atoms with van der Waals surface area (Å²) >= 11 is 11.9. The standard InChI is InChI=1S/2C21H28BrN5OSSi.C18H17N7OS/c1-30(2,3)11-10-28-14-27(21-26-25-20(29-21)15-6-4-5-7-15)19-9-8-17-18(24-19)12-16(22)13-23-17;1-30(2,3)11-10-28-14-27-21(29-20(26-27)15-6-4-5-7-15)25-19-9-8-17-18(24-19)12-16(22)13-23-17;1-2-4-11(3-1)17-23-24-18(27-17)22-15-6-5-13-14(21-15)9-12(10-19-13)20-16-7-8-26-25-16/h2*8-9,12-13,15H,4-7,10-11,14H2,1-3H3;5-11H,1-4H2,(H,20,25)(H,21,22,24). The fourth-order valence-corrected chi connectivity index (χ4v) is 15.5. The minimum absolute atomic E-state index is 0.420. The van der Waals surface area contributed by atoms with Crippen LogP contribution < -0.4 is 20.3 Å². The fourth-order valence-electron chi connectivity index (χ4n) is 10.3. The van der Waals surface area contributed by atoms with Gasteiger partial charge in [0.2, 0.25) is 15.1 Å². The van der Waals surface area contributed by atoms with Crippen molar-refractivity contribution in [2.24, 2.45) is 4.99 Å². The number of hydrogen-bond acceptors (Lipinski definition) is 22. The van der Waals surface area contributed by atoms with Gasteiger partial charge in [-0.15, -0.1) is 20.4 Å². The van der Waals surface area contributed by atoms with E-state index in [1.54, 1.807) is 58.7 Å². The van der Waals surface area contributed by atoms with Gasteiger partial charge in [0.05, 0.1) is 45.0 Å². The van der Waals surface area contributed by atoms with Crippen molar-refractivity contribution in [1.29, 1.82) is 0 Å². The zero-order chi connectivity index (χ0) is 60.3. The average Bonchev–Trinajstić information content (AvgIpc) is 3.70. The van der Waals surface area contributed by atoms with E-state index < -0.39 is 16.1 Å². The van der Waals surface area contributed by atoms with E-state index in [-0.39, 0.29) is 0 Å². The molecule has 3 saturated carbocycles. The molecule has 3 fully saturated rings. The van der Waals surface area contributed by atoms with Gasteiger partial charge in [0.15, 0.2) is 11.6 Å². The number of nitrogens with zero attached hydrogens (tertiary/aromatic N) is 15. The Kier molecular flexibility index (Phi) is 21.0. The number of rotatable bonds is 20. The van der Waals surface area contributed by atoms with Crippen molar-refractivity contribution in [1.82, 2.24) is 65.2 Å². The second-order valence-electron chi connectivity index (χ2n) is 24.6. The quantitative estimate of drug-likeness (QED) is 0.0410. The predicted octanol–water partition coefficient (Wildman–Crippen LogP) is 16.8. The summed E-state index contributed by atoms with van der Waals surface area (Å²) in [4.78, 5) is 35.2. The first kappa shape index (κ1) is 62.7. The van der Waals surface area contributed by atoms with Gasteiger partial charge in [-0.05, 0) is 137 Å². The monoisotopic (exact) mass is 1390 g/mol. The normalized spacial score (nSPS) is 15.3. The Labute approximate surface area is 537 Å². The Morgan fingerprint density at radius 3 is 1.84 bits per heavy atom. The lowest BCUT2D eigenvalue weighted by Crippen LogP contribution is -2.26. The van der Waals surface area contributed by atoms with Gasteiger partial charge in [-0.25, -0.2) is 19.6 Å². The maximum Gasteiger partial charge on any atom is 0.215 e. The van der Waals surface area contributed by atoms with Crippen molar-refractivity contribution in [3.63, 3.8) is 0 Å². The molecule has 0 radical (unpaired) electrons. The first-order chi connectivity index (χ1) is 42.1. The average molecular weight is 1390 g/mol. The maximum absolute atomic E-state index is 6.09. The van der Waals surface area contributed by atoms with Crippen LogP contribution in [0.15, 0.2) is 104 Å². The molecule has 0 aliphatic heterocycles. The van der Waals surface area contributed by atoms with Crippen LogP contribution in [0.3, 0.4) is 0 Å². The molecule has 10 aromatic rings. The van der Waals surface area contributed by atoms with Crippen LogP contribution in [0, 0.1) is 0 Å². The van der Waals surface area contributed by atoms with Crippen LogP contribution in [0.4, 0.5) is 39.2 Å². The van der Waals surface area contributed by atoms with Crippen molar-refractivity contribution in [3.8, 4) is 0 Å². The zero-order valence-electron chi connectivity index (χ0n) is 50.0. The van der Waals surface area contributed by atoms with E-state index in [1.165, 1.54) is 88.3 Å². The van der Waals surface area contributed by atoms with Gasteiger partial charge in [-0.1, -0.05) is 117 Å². The summed E-state index contributed by atoms with van der Waals surface area (Å²) in [5.74, 6) is 4.49. The van der Waals surface area contributed by atoms with Crippen LogP contribution in [0.25, 0.3) is 33.1 Å². The summed E-state index contributed by atoms with van der Waals surface area (Å²) in [6.07, 6.45) is 21.9. The summed E-state index contributed by atoms with van der Waals surface area (Å²) in [6, 6.07) is 21.6. The third-order valence-corrected chi connectivity index (χ3v) is 22.7. The molecule has 20 nitrogen and oxygen atoms in total. The van der Waals surface area contributed by atoms with Gasteiger partial charge in [-0.2, -0.15) is 10.1 Å². The lowest BCUT2D eigenvalue weighted by atomic mass is 10.1. The molecule has 87 heavy (non-hydrogen) atoms. The second kappa shape index (κ2) is 29.1. The van der Waals surface area contributed by atoms with Crippen molar-refractivity contribution in [2.45, 2.75) is 153 Å². The smallest absolute Gasteiger partial charge is 0.215 e. The van der Waals surface area contributed by atoms with Crippen LogP contribution in [-0.4, -0.2) is 101 Å². The molecule has 0 spiro atoms. The molecule has 3 aliphatic rings. The largest absolute Gasteiger partial charge is 0.363 e. The number of pyridine rings is 6. The van der Waals surface area contributed by atoms with E-state index >= 15 is 0 Å². The van der Waals surface area contributed by atoms with Crippen molar-refractivity contribution < 1.29 is 14.0 Å². The zero-order valence-corrected chi connectivity index (χ0v) is 57.6. The number of aromatic nitrogens is 13. The van der Waals surface area contributed by atoms with Gasteiger partial charge < -0.3 is 24.6 Å². The topological polar surface area (TPSA) is 231 Å². The first-order valence-electron chi connectivity index (χ1n) is 29.9. The van der Waals surface area contributed by atoms with E-state index in [4.69, 9.17) is 29.1 Å². The Bertz CT molecular complexity index is 3950. The molecule has 0 atom stereocenters. The Hall–Kier alpha value is -5.92. The van der Waals surface area contributed by atoms with Gasteiger partial charge in [-0.3, -0.25) is 19.9 Å². The third-order valence-electron chi connectivity index (χ3n) is 15.2.